The van der Waals surface area contributed by atoms with Crippen molar-refractivity contribution in [3.63, 3.8) is 0 Å². The topological polar surface area (TPSA) is 77.3 Å². The van der Waals surface area contributed by atoms with Crippen LogP contribution < -0.4 is 0 Å². The van der Waals surface area contributed by atoms with Gasteiger partial charge in [0, 0.05) is 59.5 Å². The van der Waals surface area contributed by atoms with Gasteiger partial charge in [-0.05, 0) is 203 Å². The Bertz CT molecular complexity index is 3010. The maximum atomic E-state index is 13.5. The molecule has 0 spiro atoms. The molecule has 4 aromatic heterocycles. The first kappa shape index (κ1) is 62.4. The Labute approximate surface area is 451 Å². The second-order valence-electron chi connectivity index (χ2n) is 19.3. The van der Waals surface area contributed by atoms with Crippen molar-refractivity contribution in [3.05, 3.63) is 271 Å². The normalized spacial score (nSPS) is 9.84. The third-order valence-electron chi connectivity index (χ3n) is 11.5. The number of pyridine rings is 2. The summed E-state index contributed by atoms with van der Waals surface area (Å²) >= 11 is 0. The van der Waals surface area contributed by atoms with Gasteiger partial charge in [-0.2, -0.15) is 0 Å². The van der Waals surface area contributed by atoms with Crippen molar-refractivity contribution in [2.24, 2.45) is 0 Å². The van der Waals surface area contributed by atoms with Crippen LogP contribution in [0.3, 0.4) is 0 Å². The van der Waals surface area contributed by atoms with Crippen LogP contribution in [0.1, 0.15) is 95.4 Å². The molecule has 0 radical (unpaired) electrons. The highest BCUT2D eigenvalue weighted by Crippen LogP contribution is 2.22. The molecule has 0 fully saturated rings. The molecule has 0 N–H and O–H groups in total. The monoisotopic (exact) mass is 1020 g/mol. The molecule has 0 aliphatic rings. The van der Waals surface area contributed by atoms with Crippen molar-refractivity contribution in [1.82, 2.24) is 29.9 Å². The van der Waals surface area contributed by atoms with Crippen molar-refractivity contribution in [2.45, 2.75) is 118 Å². The lowest BCUT2D eigenvalue weighted by Gasteiger charge is -2.02. The lowest BCUT2D eigenvalue weighted by Crippen LogP contribution is -1.88. The number of aryl methyl sites for hydroxylation is 16. The molecule has 6 nitrogen and oxygen atoms in total. The van der Waals surface area contributed by atoms with Gasteiger partial charge in [0.05, 0.1) is 0 Å². The molecule has 10 aromatic rings. The molecular formula is C67H77F3N6. The Balaban J connectivity index is 0.000000230. The van der Waals surface area contributed by atoms with Crippen LogP contribution in [0.15, 0.2) is 159 Å². The Morgan fingerprint density at radius 2 is 0.605 bits per heavy atom. The van der Waals surface area contributed by atoms with Gasteiger partial charge in [-0.15, -0.1) is 0 Å². The van der Waals surface area contributed by atoms with E-state index in [2.05, 4.69) is 131 Å². The van der Waals surface area contributed by atoms with Crippen molar-refractivity contribution in [1.29, 1.82) is 0 Å². The number of nitrogens with zero attached hydrogens (tertiary/aromatic N) is 6. The van der Waals surface area contributed by atoms with Gasteiger partial charge >= 0.3 is 0 Å². The van der Waals surface area contributed by atoms with E-state index in [-0.39, 0.29) is 11.4 Å². The Morgan fingerprint density at radius 1 is 0.263 bits per heavy atom. The first-order valence-electron chi connectivity index (χ1n) is 25.3. The molecule has 0 saturated carbocycles. The van der Waals surface area contributed by atoms with E-state index >= 15 is 0 Å². The van der Waals surface area contributed by atoms with Gasteiger partial charge in [-0.25, -0.2) is 33.1 Å². The lowest BCUT2D eigenvalue weighted by molar-refractivity contribution is 0.566. The Morgan fingerprint density at radius 3 is 0.974 bits per heavy atom. The molecule has 10 rings (SSSR count). The van der Waals surface area contributed by atoms with E-state index in [9.17, 15) is 13.2 Å². The van der Waals surface area contributed by atoms with Crippen LogP contribution in [0.25, 0.3) is 21.5 Å². The molecule has 0 bridgehead atoms. The smallest absolute Gasteiger partial charge is 0.133 e. The number of hydrogen-bond donors (Lipinski definition) is 0. The van der Waals surface area contributed by atoms with Crippen LogP contribution in [0.5, 0.6) is 0 Å². The number of halogens is 3. The van der Waals surface area contributed by atoms with E-state index in [0.29, 0.717) is 16.5 Å². The fourth-order valence-corrected chi connectivity index (χ4v) is 6.67. The largest absolute Gasteiger partial charge is 0.261 e. The number of aromatic nitrogens is 6. The molecule has 9 heteroatoms. The molecule has 0 aliphatic heterocycles. The summed E-state index contributed by atoms with van der Waals surface area (Å²) < 4.78 is 38.7. The zero-order chi connectivity index (χ0) is 56.5. The van der Waals surface area contributed by atoms with Gasteiger partial charge in [0.1, 0.15) is 29.1 Å². The van der Waals surface area contributed by atoms with Crippen LogP contribution in [0.2, 0.25) is 0 Å². The zero-order valence-corrected chi connectivity index (χ0v) is 47.8. The van der Waals surface area contributed by atoms with Crippen molar-refractivity contribution >= 4 is 21.5 Å². The highest BCUT2D eigenvalue weighted by atomic mass is 19.1. The summed E-state index contributed by atoms with van der Waals surface area (Å²) in [5.41, 5.74) is 16.1. The van der Waals surface area contributed by atoms with Gasteiger partial charge in [-0.1, -0.05) is 119 Å². The molecular weight excluding hydrogens is 946 g/mol. The average Bonchev–Trinajstić information content (AvgIpc) is 3.38. The molecule has 0 unspecified atom stereocenters. The molecule has 0 aliphatic carbocycles. The summed E-state index contributed by atoms with van der Waals surface area (Å²) in [6, 6.07) is 39.9. The minimum absolute atomic E-state index is 0.0885. The minimum Gasteiger partial charge on any atom is -0.261 e. The predicted octanol–water partition coefficient (Wildman–Crippen LogP) is 17.8. The quantitative estimate of drug-likeness (QED) is 0.151. The second-order valence-corrected chi connectivity index (χ2v) is 19.3. The summed E-state index contributed by atoms with van der Waals surface area (Å²) in [6.45, 7) is 33.2. The second kappa shape index (κ2) is 31.7. The average molecular weight is 1020 g/mol. The SMILES string of the molecule is Cc1cc(F)c(C)c(F)c1.Cc1ccc(C)c(C)c1.Cc1ccc(C)nc1.Cc1ccc(C)nc1.Cc1ccc2c(F)c(C)ccc2c1.Cc1ccc2cc(C)ccc2c1.Cc1cnc(C)nc1.Cc1cnc(C)nc1. The number of rotatable bonds is 0. The highest BCUT2D eigenvalue weighted by Gasteiger charge is 2.04. The fourth-order valence-electron chi connectivity index (χ4n) is 6.67. The number of hydrogen-bond acceptors (Lipinski definition) is 6. The summed E-state index contributed by atoms with van der Waals surface area (Å²) in [6.07, 6.45) is 11.0. The summed E-state index contributed by atoms with van der Waals surface area (Å²) in [5, 5.41) is 4.36. The Kier molecular flexibility index (Phi) is 26.1. The number of benzene rings is 6. The van der Waals surface area contributed by atoms with E-state index in [1.54, 1.807) is 13.8 Å². The zero-order valence-electron chi connectivity index (χ0n) is 47.8. The predicted molar refractivity (Wildman–Crippen MR) is 314 cm³/mol. The first-order valence-corrected chi connectivity index (χ1v) is 25.3. The Hall–Kier alpha value is -7.91. The maximum Gasteiger partial charge on any atom is 0.133 e. The van der Waals surface area contributed by atoms with Gasteiger partial charge in [-0.3, -0.25) is 9.97 Å². The summed E-state index contributed by atoms with van der Waals surface area (Å²) in [5.74, 6) is 0.610. The van der Waals surface area contributed by atoms with E-state index in [1.165, 1.54) is 68.8 Å². The van der Waals surface area contributed by atoms with Crippen LogP contribution in [-0.4, -0.2) is 29.9 Å². The molecule has 6 aromatic carbocycles. The lowest BCUT2D eigenvalue weighted by atomic mass is 10.0. The van der Waals surface area contributed by atoms with Gasteiger partial charge in [0.15, 0.2) is 0 Å². The highest BCUT2D eigenvalue weighted by molar-refractivity contribution is 5.85. The maximum absolute atomic E-state index is 13.5. The molecule has 76 heavy (non-hydrogen) atoms. The minimum atomic E-state index is -0.475. The van der Waals surface area contributed by atoms with Gasteiger partial charge in [0.2, 0.25) is 0 Å². The first-order chi connectivity index (χ1) is 35.9. The molecule has 0 amide bonds. The third kappa shape index (κ3) is 23.5. The summed E-state index contributed by atoms with van der Waals surface area (Å²) in [4.78, 5) is 24.0. The van der Waals surface area contributed by atoms with E-state index in [1.807, 2.05) is 142 Å². The standard InChI is InChI=1S/C12H11F.C12H12.C9H12.C8H8F2.2C7H9N.2C6H8N2/c1-8-3-6-11-10(7-8)5-4-9(2)12(11)13;1-9-3-5-12-8-10(2)4-6-11(12)7-9;1-7-4-5-8(2)9(3)6-7;1-5-3-7(9)6(2)8(10)4-5;2*1-6-3-4-7(2)8-5-6;2*1-5-3-7-6(2)8-4-5/h3-7H,1-2H3;3-8H,1-2H3;4-6H,1-3H3;3-4H,1-2H3;2*3-5H,1-2H3;2*3-4H,1-2H3. The van der Waals surface area contributed by atoms with Crippen LogP contribution in [0, 0.1) is 135 Å². The van der Waals surface area contributed by atoms with E-state index in [4.69, 9.17) is 0 Å². The molecule has 396 valence electrons. The number of fused-ring (bicyclic) bond motifs is 2. The molecule has 4 heterocycles. The van der Waals surface area contributed by atoms with Crippen LogP contribution in [0.4, 0.5) is 13.2 Å². The molecule has 0 atom stereocenters. The van der Waals surface area contributed by atoms with Gasteiger partial charge in [0.25, 0.3) is 0 Å². The molecule has 0 saturated heterocycles. The van der Waals surface area contributed by atoms with Crippen LogP contribution >= 0.6 is 0 Å². The van der Waals surface area contributed by atoms with Crippen molar-refractivity contribution in [3.8, 4) is 0 Å². The van der Waals surface area contributed by atoms with Crippen LogP contribution in [-0.2, 0) is 0 Å². The third-order valence-corrected chi connectivity index (χ3v) is 11.5. The van der Waals surface area contributed by atoms with Gasteiger partial charge < -0.3 is 0 Å². The van der Waals surface area contributed by atoms with E-state index in [0.717, 1.165) is 45.1 Å². The fraction of sp³-hybridized carbons (Fsp3) is 0.254. The van der Waals surface area contributed by atoms with Crippen molar-refractivity contribution < 1.29 is 13.2 Å². The summed E-state index contributed by atoms with van der Waals surface area (Å²) in [7, 11) is 0. The van der Waals surface area contributed by atoms with Crippen molar-refractivity contribution in [2.75, 3.05) is 0 Å². The van der Waals surface area contributed by atoms with E-state index < -0.39 is 11.6 Å².